The maximum atomic E-state index is 12.6. The number of fused-ring (bicyclic) bond motifs is 1. The van der Waals surface area contributed by atoms with E-state index in [0.29, 0.717) is 16.3 Å². The van der Waals surface area contributed by atoms with Gasteiger partial charge in [-0.2, -0.15) is 0 Å². The van der Waals surface area contributed by atoms with E-state index in [9.17, 15) is 4.79 Å². The Morgan fingerprint density at radius 2 is 1.73 bits per heavy atom. The van der Waals surface area contributed by atoms with E-state index in [4.69, 9.17) is 17.3 Å². The van der Waals surface area contributed by atoms with Gasteiger partial charge in [-0.1, -0.05) is 48.0 Å². The quantitative estimate of drug-likeness (QED) is 0.257. The van der Waals surface area contributed by atoms with Crippen molar-refractivity contribution in [3.63, 3.8) is 0 Å². The van der Waals surface area contributed by atoms with Crippen LogP contribution in [0.15, 0.2) is 72.8 Å². The summed E-state index contributed by atoms with van der Waals surface area (Å²) >= 11 is 7.42. The van der Waals surface area contributed by atoms with Crippen molar-refractivity contribution >= 4 is 50.3 Å². The number of halogens is 1. The molecule has 0 saturated heterocycles. The maximum Gasteiger partial charge on any atom is 0.265 e. The fourth-order valence-corrected chi connectivity index (χ4v) is 4.35. The van der Waals surface area contributed by atoms with Crippen LogP contribution in [0.1, 0.15) is 20.8 Å². The van der Waals surface area contributed by atoms with Gasteiger partial charge in [0, 0.05) is 16.3 Å². The van der Waals surface area contributed by atoms with Crippen molar-refractivity contribution in [2.75, 3.05) is 17.6 Å². The predicted molar refractivity (Wildman–Crippen MR) is 127 cm³/mol. The Morgan fingerprint density at radius 1 is 0.967 bits per heavy atom. The van der Waals surface area contributed by atoms with Crippen LogP contribution in [0.3, 0.4) is 0 Å². The molecule has 0 radical (unpaired) electrons. The summed E-state index contributed by atoms with van der Waals surface area (Å²) in [6.07, 6.45) is 0.920. The molecule has 0 unspecified atom stereocenters. The number of carbonyl (C=O) groups excluding carboxylic acids is 1. The first kappa shape index (κ1) is 20.4. The lowest BCUT2D eigenvalue weighted by Gasteiger charge is -2.06. The second-order valence-corrected chi connectivity index (χ2v) is 8.60. The molecule has 1 amide bonds. The molecule has 0 fully saturated rings. The molecule has 0 aliphatic carbocycles. The molecule has 1 aromatic heterocycles. The van der Waals surface area contributed by atoms with E-state index in [2.05, 4.69) is 28.8 Å². The molecule has 0 spiro atoms. The SMILES string of the molecule is Nc1ccccc1NC(=O)c1cc2ccc(CCNCc3ccc(Cl)cc3)cc2s1. The average Bonchev–Trinajstić information content (AvgIpc) is 3.18. The number of anilines is 2. The third-order valence-electron chi connectivity index (χ3n) is 4.85. The lowest BCUT2D eigenvalue weighted by molar-refractivity contribution is 0.103. The normalized spacial score (nSPS) is 11.0. The van der Waals surface area contributed by atoms with Crippen LogP contribution in [0.5, 0.6) is 0 Å². The van der Waals surface area contributed by atoms with Crippen LogP contribution in [-0.4, -0.2) is 12.5 Å². The van der Waals surface area contributed by atoms with Gasteiger partial charge in [-0.05, 0) is 65.9 Å². The van der Waals surface area contributed by atoms with Gasteiger partial charge in [0.05, 0.1) is 16.3 Å². The van der Waals surface area contributed by atoms with Gasteiger partial charge in [-0.25, -0.2) is 0 Å². The van der Waals surface area contributed by atoms with Gasteiger partial charge in [-0.15, -0.1) is 11.3 Å². The molecule has 0 aliphatic heterocycles. The van der Waals surface area contributed by atoms with Crippen molar-refractivity contribution in [2.45, 2.75) is 13.0 Å². The van der Waals surface area contributed by atoms with Crippen molar-refractivity contribution in [3.05, 3.63) is 93.8 Å². The van der Waals surface area contributed by atoms with E-state index in [1.54, 1.807) is 12.1 Å². The first-order valence-electron chi connectivity index (χ1n) is 9.72. The van der Waals surface area contributed by atoms with Gasteiger partial charge in [0.2, 0.25) is 0 Å². The molecule has 0 atom stereocenters. The highest BCUT2D eigenvalue weighted by molar-refractivity contribution is 7.20. The van der Waals surface area contributed by atoms with Crippen LogP contribution >= 0.6 is 22.9 Å². The second kappa shape index (κ2) is 9.30. The van der Waals surface area contributed by atoms with Crippen molar-refractivity contribution in [2.24, 2.45) is 0 Å². The minimum atomic E-state index is -0.139. The van der Waals surface area contributed by atoms with Crippen LogP contribution < -0.4 is 16.4 Å². The van der Waals surface area contributed by atoms with Crippen LogP contribution in [-0.2, 0) is 13.0 Å². The van der Waals surface area contributed by atoms with Crippen molar-refractivity contribution in [1.29, 1.82) is 0 Å². The van der Waals surface area contributed by atoms with Crippen LogP contribution in [0.25, 0.3) is 10.1 Å². The van der Waals surface area contributed by atoms with Gasteiger partial charge < -0.3 is 16.4 Å². The summed E-state index contributed by atoms with van der Waals surface area (Å²) in [5.41, 5.74) is 9.56. The van der Waals surface area contributed by atoms with Crippen molar-refractivity contribution < 1.29 is 4.79 Å². The summed E-state index contributed by atoms with van der Waals surface area (Å²) in [5, 5.41) is 8.18. The van der Waals surface area contributed by atoms with Gasteiger partial charge >= 0.3 is 0 Å². The first-order chi connectivity index (χ1) is 14.6. The number of nitrogens with one attached hydrogen (secondary N) is 2. The van der Waals surface area contributed by atoms with Crippen molar-refractivity contribution in [3.8, 4) is 0 Å². The number of hydrogen-bond donors (Lipinski definition) is 3. The number of thiophene rings is 1. The lowest BCUT2D eigenvalue weighted by atomic mass is 10.1. The van der Waals surface area contributed by atoms with E-state index < -0.39 is 0 Å². The molecule has 0 aliphatic rings. The Balaban J connectivity index is 1.36. The minimum Gasteiger partial charge on any atom is -0.397 e. The first-order valence-corrected chi connectivity index (χ1v) is 10.9. The van der Waals surface area contributed by atoms with Crippen LogP contribution in [0.2, 0.25) is 5.02 Å². The number of hydrogen-bond acceptors (Lipinski definition) is 4. The zero-order valence-electron chi connectivity index (χ0n) is 16.3. The number of carbonyl (C=O) groups is 1. The summed E-state index contributed by atoms with van der Waals surface area (Å²) in [4.78, 5) is 13.3. The molecule has 30 heavy (non-hydrogen) atoms. The molecule has 3 aromatic carbocycles. The molecule has 0 saturated carbocycles. The number of benzene rings is 3. The minimum absolute atomic E-state index is 0.139. The standard InChI is InChI=1S/C24H22ClN3OS/c25-19-9-6-17(7-10-19)15-27-12-11-16-5-8-18-14-23(30-22(18)13-16)24(29)28-21-4-2-1-3-20(21)26/h1-10,13-14,27H,11-12,15,26H2,(H,28,29). The Hall–Kier alpha value is -2.86. The van der Waals surface area contributed by atoms with Gasteiger partial charge in [-0.3, -0.25) is 4.79 Å². The monoisotopic (exact) mass is 435 g/mol. The van der Waals surface area contributed by atoms with E-state index >= 15 is 0 Å². The fraction of sp³-hybridized carbons (Fsp3) is 0.125. The second-order valence-electron chi connectivity index (χ2n) is 7.08. The molecule has 0 bridgehead atoms. The Kier molecular flexibility index (Phi) is 6.33. The maximum absolute atomic E-state index is 12.6. The van der Waals surface area contributed by atoms with E-state index in [1.807, 2.05) is 42.5 Å². The highest BCUT2D eigenvalue weighted by atomic mass is 35.5. The molecule has 1 heterocycles. The fourth-order valence-electron chi connectivity index (χ4n) is 3.21. The van der Waals surface area contributed by atoms with Gasteiger partial charge in [0.15, 0.2) is 0 Å². The van der Waals surface area contributed by atoms with Crippen LogP contribution in [0.4, 0.5) is 11.4 Å². The summed E-state index contributed by atoms with van der Waals surface area (Å²) < 4.78 is 1.11. The molecule has 152 valence electrons. The number of para-hydroxylation sites is 2. The molecule has 6 heteroatoms. The molecule has 4 N–H and O–H groups in total. The lowest BCUT2D eigenvalue weighted by Crippen LogP contribution is -2.16. The highest BCUT2D eigenvalue weighted by Crippen LogP contribution is 2.28. The zero-order chi connectivity index (χ0) is 20.9. The Labute approximate surface area is 184 Å². The molecular formula is C24H22ClN3OS. The smallest absolute Gasteiger partial charge is 0.265 e. The molecule has 4 aromatic rings. The number of rotatable bonds is 7. The summed E-state index contributed by atoms with van der Waals surface area (Å²) in [6.45, 7) is 1.69. The summed E-state index contributed by atoms with van der Waals surface area (Å²) in [5.74, 6) is -0.139. The number of nitrogen functional groups attached to an aromatic ring is 1. The summed E-state index contributed by atoms with van der Waals surface area (Å²) in [6, 6.07) is 23.4. The Morgan fingerprint density at radius 3 is 2.53 bits per heavy atom. The Bertz CT molecular complexity index is 1170. The third-order valence-corrected chi connectivity index (χ3v) is 6.20. The zero-order valence-corrected chi connectivity index (χ0v) is 17.9. The third kappa shape index (κ3) is 5.00. The van der Waals surface area contributed by atoms with Crippen LogP contribution in [0, 0.1) is 0 Å². The predicted octanol–water partition coefficient (Wildman–Crippen LogP) is 5.72. The number of amides is 1. The van der Waals surface area contributed by atoms with E-state index in [-0.39, 0.29) is 5.91 Å². The van der Waals surface area contributed by atoms with Crippen molar-refractivity contribution in [1.82, 2.24) is 5.32 Å². The summed E-state index contributed by atoms with van der Waals surface area (Å²) in [7, 11) is 0. The number of nitrogens with two attached hydrogens (primary N) is 1. The van der Waals surface area contributed by atoms with Gasteiger partial charge in [0.1, 0.15) is 0 Å². The average molecular weight is 436 g/mol. The molecular weight excluding hydrogens is 414 g/mol. The van der Waals surface area contributed by atoms with E-state index in [0.717, 1.165) is 34.6 Å². The molecule has 4 rings (SSSR count). The topological polar surface area (TPSA) is 67.1 Å². The van der Waals surface area contributed by atoms with E-state index in [1.165, 1.54) is 22.5 Å². The molecule has 4 nitrogen and oxygen atoms in total. The van der Waals surface area contributed by atoms with Gasteiger partial charge in [0.25, 0.3) is 5.91 Å². The highest BCUT2D eigenvalue weighted by Gasteiger charge is 2.12. The largest absolute Gasteiger partial charge is 0.397 e.